The van der Waals surface area contributed by atoms with E-state index < -0.39 is 0 Å². The van der Waals surface area contributed by atoms with Crippen molar-refractivity contribution in [2.24, 2.45) is 0 Å². The Morgan fingerprint density at radius 2 is 1.85 bits per heavy atom. The van der Waals surface area contributed by atoms with Crippen LogP contribution in [0, 0.1) is 0 Å². The van der Waals surface area contributed by atoms with E-state index in [1.54, 1.807) is 0 Å². The van der Waals surface area contributed by atoms with E-state index in [2.05, 4.69) is 32.3 Å². The number of carbonyl (C=O) groups is 1. The van der Waals surface area contributed by atoms with Crippen LogP contribution in [0.15, 0.2) is 48.5 Å². The predicted molar refractivity (Wildman–Crippen MR) is 107 cm³/mol. The molecule has 1 aliphatic rings. The van der Waals surface area contributed by atoms with Gasteiger partial charge in [0.1, 0.15) is 5.82 Å². The lowest BCUT2D eigenvalue weighted by molar-refractivity contribution is 0.262. The molecule has 0 saturated carbocycles. The molecule has 6 nitrogen and oxygen atoms in total. The lowest BCUT2D eigenvalue weighted by Crippen LogP contribution is -2.19. The highest BCUT2D eigenvalue weighted by atomic mass is 16.2. The first-order chi connectivity index (χ1) is 13.2. The van der Waals surface area contributed by atoms with Gasteiger partial charge in [-0.15, -0.1) is 10.2 Å². The molecule has 0 atom stereocenters. The van der Waals surface area contributed by atoms with Gasteiger partial charge in [0.2, 0.25) is 0 Å². The lowest BCUT2D eigenvalue weighted by atomic mass is 10.1. The number of nitrogens with zero attached hydrogens (tertiary/aromatic N) is 3. The molecular weight excluding hydrogens is 338 g/mol. The topological polar surface area (TPSA) is 71.8 Å². The van der Waals surface area contributed by atoms with Crippen LogP contribution in [-0.4, -0.2) is 20.8 Å². The number of urea groups is 1. The first kappa shape index (κ1) is 17.3. The molecular formula is C21H23N5O. The second-order valence-electron chi connectivity index (χ2n) is 6.76. The van der Waals surface area contributed by atoms with Crippen LogP contribution in [0.1, 0.15) is 31.2 Å². The molecule has 0 aliphatic carbocycles. The van der Waals surface area contributed by atoms with E-state index in [0.717, 1.165) is 54.4 Å². The fourth-order valence-electron chi connectivity index (χ4n) is 3.38. The van der Waals surface area contributed by atoms with Crippen molar-refractivity contribution in [2.75, 3.05) is 10.6 Å². The summed E-state index contributed by atoms with van der Waals surface area (Å²) in [4.78, 5) is 12.3. The van der Waals surface area contributed by atoms with E-state index >= 15 is 0 Å². The second-order valence-corrected chi connectivity index (χ2v) is 6.76. The summed E-state index contributed by atoms with van der Waals surface area (Å²) in [5, 5.41) is 14.4. The zero-order valence-electron chi connectivity index (χ0n) is 15.4. The van der Waals surface area contributed by atoms with Gasteiger partial charge in [-0.3, -0.25) is 0 Å². The van der Waals surface area contributed by atoms with Crippen molar-refractivity contribution in [3.05, 3.63) is 59.9 Å². The summed E-state index contributed by atoms with van der Waals surface area (Å²) >= 11 is 0. The van der Waals surface area contributed by atoms with E-state index in [0.29, 0.717) is 0 Å². The SMILES string of the molecule is CCc1ccc(NC(=O)Nc2cccc(-c3nnc4n3CCCC4)c2)cc1. The molecule has 2 N–H and O–H groups in total. The predicted octanol–water partition coefficient (Wildman–Crippen LogP) is 4.49. The number of nitrogens with one attached hydrogen (secondary N) is 2. The van der Waals surface area contributed by atoms with E-state index in [9.17, 15) is 4.79 Å². The van der Waals surface area contributed by atoms with Gasteiger partial charge in [0.15, 0.2) is 5.82 Å². The number of amides is 2. The minimum absolute atomic E-state index is 0.264. The fourth-order valence-corrected chi connectivity index (χ4v) is 3.38. The molecule has 1 aliphatic heterocycles. The average Bonchev–Trinajstić information content (AvgIpc) is 3.13. The van der Waals surface area contributed by atoms with Gasteiger partial charge in [-0.25, -0.2) is 4.79 Å². The maximum Gasteiger partial charge on any atom is 0.323 e. The maximum absolute atomic E-state index is 12.3. The Morgan fingerprint density at radius 1 is 1.04 bits per heavy atom. The van der Waals surface area contributed by atoms with Crippen LogP contribution in [-0.2, 0) is 19.4 Å². The molecule has 0 radical (unpaired) electrons. The van der Waals surface area contributed by atoms with E-state index in [4.69, 9.17) is 0 Å². The molecule has 2 amide bonds. The smallest absolute Gasteiger partial charge is 0.311 e. The number of rotatable bonds is 4. The summed E-state index contributed by atoms with van der Waals surface area (Å²) in [7, 11) is 0. The summed E-state index contributed by atoms with van der Waals surface area (Å²) in [6.45, 7) is 3.05. The molecule has 1 aromatic heterocycles. The summed E-state index contributed by atoms with van der Waals surface area (Å²) in [6, 6.07) is 15.3. The average molecular weight is 361 g/mol. The summed E-state index contributed by atoms with van der Waals surface area (Å²) in [5.41, 5.74) is 3.70. The summed E-state index contributed by atoms with van der Waals surface area (Å²) < 4.78 is 2.18. The maximum atomic E-state index is 12.3. The summed E-state index contributed by atoms with van der Waals surface area (Å²) in [6.07, 6.45) is 4.27. The standard InChI is InChI=1S/C21H23N5O/c1-2-15-9-11-17(12-10-15)22-21(27)23-18-7-5-6-16(14-18)20-25-24-19-8-3-4-13-26(19)20/h5-7,9-12,14H,2-4,8,13H2,1H3,(H2,22,23,27). The van der Waals surface area contributed by atoms with Gasteiger partial charge in [0.25, 0.3) is 0 Å². The second kappa shape index (κ2) is 7.61. The number of fused-ring (bicyclic) bond motifs is 1. The van der Waals surface area contributed by atoms with Crippen molar-refractivity contribution < 1.29 is 4.79 Å². The fraction of sp³-hybridized carbons (Fsp3) is 0.286. The minimum atomic E-state index is -0.264. The molecule has 2 heterocycles. The zero-order chi connectivity index (χ0) is 18.6. The van der Waals surface area contributed by atoms with Crippen molar-refractivity contribution in [1.29, 1.82) is 0 Å². The van der Waals surface area contributed by atoms with Crippen molar-refractivity contribution >= 4 is 17.4 Å². The number of aryl methyl sites for hydroxylation is 2. The van der Waals surface area contributed by atoms with E-state index in [-0.39, 0.29) is 6.03 Å². The molecule has 0 spiro atoms. The Labute approximate surface area is 158 Å². The van der Waals surface area contributed by atoms with Crippen LogP contribution in [0.5, 0.6) is 0 Å². The van der Waals surface area contributed by atoms with Crippen LogP contribution >= 0.6 is 0 Å². The third-order valence-electron chi connectivity index (χ3n) is 4.86. The number of anilines is 2. The van der Waals surface area contributed by atoms with Gasteiger partial charge in [0.05, 0.1) is 0 Å². The van der Waals surface area contributed by atoms with Crippen LogP contribution in [0.25, 0.3) is 11.4 Å². The van der Waals surface area contributed by atoms with Gasteiger partial charge in [-0.05, 0) is 49.1 Å². The normalized spacial score (nSPS) is 13.1. The summed E-state index contributed by atoms with van der Waals surface area (Å²) in [5.74, 6) is 1.91. The van der Waals surface area contributed by atoms with Gasteiger partial charge >= 0.3 is 6.03 Å². The molecule has 6 heteroatoms. The van der Waals surface area contributed by atoms with E-state index in [1.165, 1.54) is 12.0 Å². The van der Waals surface area contributed by atoms with Crippen LogP contribution in [0.2, 0.25) is 0 Å². The van der Waals surface area contributed by atoms with Crippen molar-refractivity contribution in [3.8, 4) is 11.4 Å². The molecule has 3 aromatic rings. The van der Waals surface area contributed by atoms with Gasteiger partial charge in [0, 0.05) is 29.9 Å². The first-order valence-electron chi connectivity index (χ1n) is 9.42. The minimum Gasteiger partial charge on any atom is -0.311 e. The third-order valence-corrected chi connectivity index (χ3v) is 4.86. The largest absolute Gasteiger partial charge is 0.323 e. The van der Waals surface area contributed by atoms with Crippen LogP contribution in [0.4, 0.5) is 16.2 Å². The highest BCUT2D eigenvalue weighted by Gasteiger charge is 2.17. The van der Waals surface area contributed by atoms with Gasteiger partial charge in [-0.1, -0.05) is 31.2 Å². The molecule has 0 bridgehead atoms. The molecule has 138 valence electrons. The molecule has 27 heavy (non-hydrogen) atoms. The van der Waals surface area contributed by atoms with Crippen LogP contribution < -0.4 is 10.6 Å². The van der Waals surface area contributed by atoms with Crippen molar-refractivity contribution in [1.82, 2.24) is 14.8 Å². The lowest BCUT2D eigenvalue weighted by Gasteiger charge is -2.15. The molecule has 0 saturated heterocycles. The highest BCUT2D eigenvalue weighted by molar-refractivity contribution is 6.00. The van der Waals surface area contributed by atoms with Gasteiger partial charge in [-0.2, -0.15) is 0 Å². The molecule has 2 aromatic carbocycles. The Morgan fingerprint density at radius 3 is 2.67 bits per heavy atom. The number of hydrogen-bond donors (Lipinski definition) is 2. The Kier molecular flexibility index (Phi) is 4.87. The molecule has 0 fully saturated rings. The Bertz CT molecular complexity index is 945. The Balaban J connectivity index is 1.47. The number of hydrogen-bond acceptors (Lipinski definition) is 3. The molecule has 4 rings (SSSR count). The van der Waals surface area contributed by atoms with E-state index in [1.807, 2.05) is 48.5 Å². The quantitative estimate of drug-likeness (QED) is 0.719. The highest BCUT2D eigenvalue weighted by Crippen LogP contribution is 2.25. The van der Waals surface area contributed by atoms with Gasteiger partial charge < -0.3 is 15.2 Å². The van der Waals surface area contributed by atoms with Crippen molar-refractivity contribution in [3.63, 3.8) is 0 Å². The monoisotopic (exact) mass is 361 g/mol. The van der Waals surface area contributed by atoms with Crippen LogP contribution in [0.3, 0.4) is 0 Å². The zero-order valence-corrected chi connectivity index (χ0v) is 15.4. The number of aromatic nitrogens is 3. The number of benzene rings is 2. The third kappa shape index (κ3) is 3.84. The first-order valence-corrected chi connectivity index (χ1v) is 9.42. The number of carbonyl (C=O) groups excluding carboxylic acids is 1. The van der Waals surface area contributed by atoms with Crippen molar-refractivity contribution in [2.45, 2.75) is 39.2 Å². The Hall–Kier alpha value is -3.15. The molecule has 0 unspecified atom stereocenters.